The summed E-state index contributed by atoms with van der Waals surface area (Å²) in [5, 5.41) is 20.8. The van der Waals surface area contributed by atoms with Gasteiger partial charge in [0.1, 0.15) is 5.82 Å². The first-order chi connectivity index (χ1) is 8.54. The summed E-state index contributed by atoms with van der Waals surface area (Å²) in [5.74, 6) is -0.184. The molecule has 100 valence electrons. The van der Waals surface area contributed by atoms with E-state index in [-0.39, 0.29) is 18.1 Å². The molecule has 5 nitrogen and oxygen atoms in total. The first-order valence-corrected chi connectivity index (χ1v) is 6.14. The molecule has 1 aromatic rings. The molecule has 0 radical (unpaired) electrons. The summed E-state index contributed by atoms with van der Waals surface area (Å²) < 4.78 is 0. The van der Waals surface area contributed by atoms with Crippen molar-refractivity contribution in [3.05, 3.63) is 23.4 Å². The molecule has 0 saturated carbocycles. The second kappa shape index (κ2) is 6.96. The Hall–Kier alpha value is -1.62. The Kier molecular flexibility index (Phi) is 5.58. The zero-order valence-corrected chi connectivity index (χ0v) is 10.8. The first-order valence-electron chi connectivity index (χ1n) is 6.14. The van der Waals surface area contributed by atoms with Crippen LogP contribution in [0.2, 0.25) is 0 Å². The maximum Gasteiger partial charge on any atom is 0.335 e. The van der Waals surface area contributed by atoms with Gasteiger partial charge in [-0.1, -0.05) is 13.8 Å². The van der Waals surface area contributed by atoms with E-state index in [1.807, 2.05) is 13.8 Å². The molecule has 3 N–H and O–H groups in total. The number of aromatic carboxylic acids is 1. The predicted molar refractivity (Wildman–Crippen MR) is 70.1 cm³/mol. The molecule has 0 aromatic carbocycles. The van der Waals surface area contributed by atoms with Crippen LogP contribution in [0.15, 0.2) is 12.1 Å². The van der Waals surface area contributed by atoms with E-state index < -0.39 is 5.97 Å². The summed E-state index contributed by atoms with van der Waals surface area (Å²) in [6, 6.07) is 3.14. The molecule has 18 heavy (non-hydrogen) atoms. The van der Waals surface area contributed by atoms with Crippen molar-refractivity contribution in [3.63, 3.8) is 0 Å². The van der Waals surface area contributed by atoms with Gasteiger partial charge in [0, 0.05) is 18.8 Å². The molecule has 1 rings (SSSR count). The van der Waals surface area contributed by atoms with Gasteiger partial charge in [-0.25, -0.2) is 9.78 Å². The number of aliphatic hydroxyl groups excluding tert-OH is 1. The number of hydrogen-bond donors (Lipinski definition) is 3. The van der Waals surface area contributed by atoms with Gasteiger partial charge < -0.3 is 15.5 Å². The van der Waals surface area contributed by atoms with E-state index in [9.17, 15) is 4.79 Å². The number of nitrogens with one attached hydrogen (secondary N) is 1. The lowest BCUT2D eigenvalue weighted by Crippen LogP contribution is -2.08. The van der Waals surface area contributed by atoms with Crippen molar-refractivity contribution in [1.82, 2.24) is 4.98 Å². The Labute approximate surface area is 107 Å². The molecule has 0 amide bonds. The molecule has 0 aliphatic carbocycles. The smallest absolute Gasteiger partial charge is 0.335 e. The fraction of sp³-hybridized carbons (Fsp3) is 0.538. The van der Waals surface area contributed by atoms with Crippen LogP contribution >= 0.6 is 0 Å². The minimum atomic E-state index is -0.947. The van der Waals surface area contributed by atoms with E-state index >= 15 is 0 Å². The lowest BCUT2D eigenvalue weighted by molar-refractivity contribution is 0.0696. The van der Waals surface area contributed by atoms with E-state index in [4.69, 9.17) is 10.2 Å². The monoisotopic (exact) mass is 252 g/mol. The molecule has 5 heteroatoms. The van der Waals surface area contributed by atoms with Crippen LogP contribution < -0.4 is 5.32 Å². The quantitative estimate of drug-likeness (QED) is 0.647. The minimum Gasteiger partial charge on any atom is -0.478 e. The number of rotatable bonds is 7. The summed E-state index contributed by atoms with van der Waals surface area (Å²) in [4.78, 5) is 15.4. The number of carboxylic acid groups (broad SMARTS) is 1. The number of hydrogen-bond acceptors (Lipinski definition) is 4. The highest BCUT2D eigenvalue weighted by atomic mass is 16.4. The zero-order valence-electron chi connectivity index (χ0n) is 10.8. The van der Waals surface area contributed by atoms with Crippen molar-refractivity contribution in [2.45, 2.75) is 32.6 Å². The molecule has 0 aliphatic heterocycles. The van der Waals surface area contributed by atoms with E-state index in [1.54, 1.807) is 6.07 Å². The Morgan fingerprint density at radius 1 is 1.39 bits per heavy atom. The number of carbonyl (C=O) groups is 1. The van der Waals surface area contributed by atoms with Gasteiger partial charge in [0.25, 0.3) is 0 Å². The van der Waals surface area contributed by atoms with Gasteiger partial charge in [-0.3, -0.25) is 0 Å². The SMILES string of the molecule is CC(C)c1cc(C(=O)O)cc(NCCCCO)n1. The Morgan fingerprint density at radius 3 is 2.67 bits per heavy atom. The number of aromatic nitrogens is 1. The summed E-state index contributed by atoms with van der Waals surface area (Å²) in [7, 11) is 0. The number of aliphatic hydroxyl groups is 1. The minimum absolute atomic E-state index is 0.168. The molecule has 0 saturated heterocycles. The van der Waals surface area contributed by atoms with Crippen LogP contribution in [0.3, 0.4) is 0 Å². The normalized spacial score (nSPS) is 10.7. The van der Waals surface area contributed by atoms with Gasteiger partial charge in [0.15, 0.2) is 0 Å². The highest BCUT2D eigenvalue weighted by molar-refractivity contribution is 5.88. The van der Waals surface area contributed by atoms with E-state index in [0.29, 0.717) is 12.4 Å². The second-order valence-electron chi connectivity index (χ2n) is 4.48. The van der Waals surface area contributed by atoms with Crippen LogP contribution in [0.25, 0.3) is 0 Å². The molecule has 1 heterocycles. The van der Waals surface area contributed by atoms with Gasteiger partial charge in [0.2, 0.25) is 0 Å². The molecule has 0 bridgehead atoms. The number of unbranched alkanes of at least 4 members (excludes halogenated alkanes) is 1. The molecule has 0 fully saturated rings. The van der Waals surface area contributed by atoms with Crippen LogP contribution in [0.5, 0.6) is 0 Å². The maximum absolute atomic E-state index is 11.0. The number of carboxylic acids is 1. The van der Waals surface area contributed by atoms with Gasteiger partial charge in [-0.15, -0.1) is 0 Å². The molecular weight excluding hydrogens is 232 g/mol. The zero-order chi connectivity index (χ0) is 13.5. The van der Waals surface area contributed by atoms with Crippen molar-refractivity contribution >= 4 is 11.8 Å². The molecule has 1 aromatic heterocycles. The number of pyridine rings is 1. The van der Waals surface area contributed by atoms with Crippen molar-refractivity contribution < 1.29 is 15.0 Å². The Bertz CT molecular complexity index is 405. The first kappa shape index (κ1) is 14.4. The highest BCUT2D eigenvalue weighted by Gasteiger charge is 2.10. The van der Waals surface area contributed by atoms with Gasteiger partial charge in [-0.2, -0.15) is 0 Å². The van der Waals surface area contributed by atoms with Crippen LogP contribution in [-0.2, 0) is 0 Å². The third-order valence-corrected chi connectivity index (χ3v) is 2.57. The lowest BCUT2D eigenvalue weighted by Gasteiger charge is -2.11. The van der Waals surface area contributed by atoms with Crippen molar-refractivity contribution in [1.29, 1.82) is 0 Å². The second-order valence-corrected chi connectivity index (χ2v) is 4.48. The van der Waals surface area contributed by atoms with Crippen LogP contribution in [0.4, 0.5) is 5.82 Å². The molecule has 0 unspecified atom stereocenters. The third-order valence-electron chi connectivity index (χ3n) is 2.57. The summed E-state index contributed by atoms with van der Waals surface area (Å²) in [6.07, 6.45) is 1.55. The fourth-order valence-corrected chi connectivity index (χ4v) is 1.51. The molecular formula is C13H20N2O3. The number of anilines is 1. The predicted octanol–water partition coefficient (Wildman–Crippen LogP) is 2.09. The van der Waals surface area contributed by atoms with Gasteiger partial charge in [-0.05, 0) is 30.9 Å². The molecule has 0 atom stereocenters. The number of nitrogens with zero attached hydrogens (tertiary/aromatic N) is 1. The summed E-state index contributed by atoms with van der Waals surface area (Å²) in [5.41, 5.74) is 1.01. The Balaban J connectivity index is 2.79. The third kappa shape index (κ3) is 4.33. The molecule has 0 spiro atoms. The van der Waals surface area contributed by atoms with Gasteiger partial charge in [0.05, 0.1) is 5.56 Å². The van der Waals surface area contributed by atoms with Gasteiger partial charge >= 0.3 is 5.97 Å². The summed E-state index contributed by atoms with van der Waals surface area (Å²) in [6.45, 7) is 4.79. The fourth-order valence-electron chi connectivity index (χ4n) is 1.51. The van der Waals surface area contributed by atoms with E-state index in [0.717, 1.165) is 18.5 Å². The van der Waals surface area contributed by atoms with Crippen LogP contribution in [-0.4, -0.2) is 34.3 Å². The largest absolute Gasteiger partial charge is 0.478 e. The highest BCUT2D eigenvalue weighted by Crippen LogP contribution is 2.17. The average molecular weight is 252 g/mol. The van der Waals surface area contributed by atoms with Crippen molar-refractivity contribution in [3.8, 4) is 0 Å². The van der Waals surface area contributed by atoms with Crippen molar-refractivity contribution in [2.75, 3.05) is 18.5 Å². The maximum atomic E-state index is 11.0. The standard InChI is InChI=1S/C13H20N2O3/c1-9(2)11-7-10(13(17)18)8-12(15-11)14-5-3-4-6-16/h7-9,16H,3-6H2,1-2H3,(H,14,15)(H,17,18). The molecule has 0 aliphatic rings. The van der Waals surface area contributed by atoms with Crippen LogP contribution in [0.1, 0.15) is 48.7 Å². The summed E-state index contributed by atoms with van der Waals surface area (Å²) >= 11 is 0. The van der Waals surface area contributed by atoms with Crippen LogP contribution in [0, 0.1) is 0 Å². The van der Waals surface area contributed by atoms with E-state index in [2.05, 4.69) is 10.3 Å². The van der Waals surface area contributed by atoms with Crippen molar-refractivity contribution in [2.24, 2.45) is 0 Å². The van der Waals surface area contributed by atoms with E-state index in [1.165, 1.54) is 6.07 Å². The lowest BCUT2D eigenvalue weighted by atomic mass is 10.1. The Morgan fingerprint density at radius 2 is 2.11 bits per heavy atom. The average Bonchev–Trinajstić information content (AvgIpc) is 2.34. The topological polar surface area (TPSA) is 82.5 Å².